The summed E-state index contributed by atoms with van der Waals surface area (Å²) in [6.45, 7) is 5.35. The number of nitro benzene ring substituents is 1. The number of hydrogen-bond donors (Lipinski definition) is 2. The van der Waals surface area contributed by atoms with Crippen LogP contribution in [-0.4, -0.2) is 22.8 Å². The van der Waals surface area contributed by atoms with E-state index in [-0.39, 0.29) is 16.3 Å². The van der Waals surface area contributed by atoms with E-state index in [2.05, 4.69) is 10.6 Å². The van der Waals surface area contributed by atoms with Crippen LogP contribution in [0.4, 0.5) is 11.4 Å². The second-order valence-electron chi connectivity index (χ2n) is 5.93. The average molecular weight is 376 g/mol. The van der Waals surface area contributed by atoms with Crippen LogP contribution in [-0.2, 0) is 4.79 Å². The first-order chi connectivity index (χ1) is 12.2. The van der Waals surface area contributed by atoms with Gasteiger partial charge in [-0.25, -0.2) is 0 Å². The van der Waals surface area contributed by atoms with Crippen molar-refractivity contribution < 1.29 is 14.5 Å². The van der Waals surface area contributed by atoms with Crippen LogP contribution in [0.15, 0.2) is 36.4 Å². The van der Waals surface area contributed by atoms with E-state index in [1.807, 2.05) is 26.0 Å². The topological polar surface area (TPSA) is 101 Å². The lowest BCUT2D eigenvalue weighted by Gasteiger charge is -2.15. The third kappa shape index (κ3) is 4.58. The van der Waals surface area contributed by atoms with Gasteiger partial charge in [-0.2, -0.15) is 0 Å². The second-order valence-corrected chi connectivity index (χ2v) is 6.33. The van der Waals surface area contributed by atoms with Gasteiger partial charge in [0.05, 0.1) is 4.92 Å². The summed E-state index contributed by atoms with van der Waals surface area (Å²) in [4.78, 5) is 34.8. The molecular weight excluding hydrogens is 358 g/mol. The van der Waals surface area contributed by atoms with Crippen molar-refractivity contribution in [2.75, 3.05) is 5.32 Å². The molecule has 0 fully saturated rings. The summed E-state index contributed by atoms with van der Waals surface area (Å²) in [6, 6.07) is 8.48. The van der Waals surface area contributed by atoms with E-state index >= 15 is 0 Å². The fourth-order valence-electron chi connectivity index (χ4n) is 2.33. The van der Waals surface area contributed by atoms with E-state index in [1.54, 1.807) is 6.07 Å². The lowest BCUT2D eigenvalue weighted by atomic mass is 10.1. The van der Waals surface area contributed by atoms with Crippen LogP contribution in [0.1, 0.15) is 28.4 Å². The molecule has 0 aliphatic rings. The van der Waals surface area contributed by atoms with Gasteiger partial charge in [0.25, 0.3) is 11.6 Å². The predicted octanol–water partition coefficient (Wildman–Crippen LogP) is 3.62. The summed E-state index contributed by atoms with van der Waals surface area (Å²) in [6.07, 6.45) is 0. The Bertz CT molecular complexity index is 883. The predicted molar refractivity (Wildman–Crippen MR) is 99.6 cm³/mol. The molecule has 2 amide bonds. The number of halogens is 1. The molecule has 2 aromatic rings. The highest BCUT2D eigenvalue weighted by atomic mass is 35.5. The van der Waals surface area contributed by atoms with E-state index in [9.17, 15) is 19.7 Å². The zero-order valence-electron chi connectivity index (χ0n) is 14.5. The molecule has 2 aromatic carbocycles. The molecule has 0 aliphatic carbocycles. The summed E-state index contributed by atoms with van der Waals surface area (Å²) < 4.78 is 0. The number of carbonyl (C=O) groups is 2. The fraction of sp³-hybridized carbons (Fsp3) is 0.222. The van der Waals surface area contributed by atoms with Crippen molar-refractivity contribution in [2.45, 2.75) is 26.8 Å². The molecule has 7 nitrogen and oxygen atoms in total. The number of nitro groups is 1. The number of benzene rings is 2. The molecule has 0 spiro atoms. The molecule has 8 heteroatoms. The largest absolute Gasteiger partial charge is 0.341 e. The van der Waals surface area contributed by atoms with Gasteiger partial charge in [-0.05, 0) is 44.5 Å². The second kappa shape index (κ2) is 7.97. The average Bonchev–Trinajstić information content (AvgIpc) is 2.57. The summed E-state index contributed by atoms with van der Waals surface area (Å²) in [5, 5.41) is 16.1. The normalized spacial score (nSPS) is 11.5. The number of hydrogen-bond acceptors (Lipinski definition) is 4. The van der Waals surface area contributed by atoms with Crippen LogP contribution in [0.25, 0.3) is 0 Å². The molecule has 0 unspecified atom stereocenters. The van der Waals surface area contributed by atoms with Gasteiger partial charge in [-0.15, -0.1) is 0 Å². The third-order valence-electron chi connectivity index (χ3n) is 3.79. The SMILES string of the molecule is Cc1ccc(NC(=O)[C@H](C)NC(=O)c2ccc(Cl)c([N+](=O)[O-])c2)c(C)c1. The number of anilines is 1. The van der Waals surface area contributed by atoms with Gasteiger partial charge >= 0.3 is 0 Å². The van der Waals surface area contributed by atoms with Gasteiger partial charge in [0, 0.05) is 17.3 Å². The highest BCUT2D eigenvalue weighted by molar-refractivity contribution is 6.32. The zero-order valence-corrected chi connectivity index (χ0v) is 15.3. The standard InChI is InChI=1S/C18H18ClN3O4/c1-10-4-7-15(11(2)8-10)21-17(23)12(3)20-18(24)13-5-6-14(19)16(9-13)22(25)26/h4-9,12H,1-3H3,(H,20,24)(H,21,23)/t12-/m0/s1. The molecule has 0 saturated carbocycles. The number of nitrogens with one attached hydrogen (secondary N) is 2. The Morgan fingerprint density at radius 1 is 1.15 bits per heavy atom. The van der Waals surface area contributed by atoms with Crippen LogP contribution < -0.4 is 10.6 Å². The molecule has 0 heterocycles. The monoisotopic (exact) mass is 375 g/mol. The zero-order chi connectivity index (χ0) is 19.4. The molecule has 2 rings (SSSR count). The van der Waals surface area contributed by atoms with Gasteiger partial charge in [-0.1, -0.05) is 29.3 Å². The van der Waals surface area contributed by atoms with E-state index < -0.39 is 22.8 Å². The van der Waals surface area contributed by atoms with Crippen molar-refractivity contribution >= 4 is 34.8 Å². The van der Waals surface area contributed by atoms with E-state index in [4.69, 9.17) is 11.6 Å². The molecule has 0 aliphatic heterocycles. The molecule has 136 valence electrons. The quantitative estimate of drug-likeness (QED) is 0.615. The van der Waals surface area contributed by atoms with Gasteiger partial charge in [0.1, 0.15) is 11.1 Å². The maximum absolute atomic E-state index is 12.3. The van der Waals surface area contributed by atoms with Crippen LogP contribution in [0.3, 0.4) is 0 Å². The first-order valence-corrected chi connectivity index (χ1v) is 8.19. The minimum absolute atomic E-state index is 0.0484. The molecule has 1 atom stereocenters. The van der Waals surface area contributed by atoms with E-state index in [0.717, 1.165) is 17.2 Å². The van der Waals surface area contributed by atoms with Gasteiger partial charge in [0.15, 0.2) is 0 Å². The molecule has 0 bridgehead atoms. The van der Waals surface area contributed by atoms with Crippen LogP contribution in [0.2, 0.25) is 5.02 Å². The molecule has 0 saturated heterocycles. The minimum Gasteiger partial charge on any atom is -0.341 e. The number of aryl methyl sites for hydroxylation is 2. The van der Waals surface area contributed by atoms with Crippen LogP contribution >= 0.6 is 11.6 Å². The number of rotatable bonds is 5. The Balaban J connectivity index is 2.07. The Hall–Kier alpha value is -2.93. The lowest BCUT2D eigenvalue weighted by molar-refractivity contribution is -0.384. The molecule has 26 heavy (non-hydrogen) atoms. The fourth-order valence-corrected chi connectivity index (χ4v) is 2.52. The molecule has 2 N–H and O–H groups in total. The van der Waals surface area contributed by atoms with Crippen LogP contribution in [0.5, 0.6) is 0 Å². The third-order valence-corrected chi connectivity index (χ3v) is 4.11. The van der Waals surface area contributed by atoms with Crippen molar-refractivity contribution in [3.8, 4) is 0 Å². The summed E-state index contributed by atoms with van der Waals surface area (Å²) in [5.41, 5.74) is 2.32. The highest BCUT2D eigenvalue weighted by Crippen LogP contribution is 2.25. The Kier molecular flexibility index (Phi) is 5.94. The van der Waals surface area contributed by atoms with Gasteiger partial charge < -0.3 is 10.6 Å². The molecular formula is C18H18ClN3O4. The van der Waals surface area contributed by atoms with Crippen LogP contribution in [0, 0.1) is 24.0 Å². The minimum atomic E-state index is -0.835. The summed E-state index contributed by atoms with van der Waals surface area (Å²) in [5.74, 6) is -0.998. The van der Waals surface area contributed by atoms with Crippen molar-refractivity contribution in [1.82, 2.24) is 5.32 Å². The van der Waals surface area contributed by atoms with Crippen molar-refractivity contribution in [2.24, 2.45) is 0 Å². The number of nitrogens with zero attached hydrogens (tertiary/aromatic N) is 1. The first kappa shape index (κ1) is 19.4. The summed E-state index contributed by atoms with van der Waals surface area (Å²) in [7, 11) is 0. The smallest absolute Gasteiger partial charge is 0.288 e. The number of amides is 2. The lowest BCUT2D eigenvalue weighted by Crippen LogP contribution is -2.41. The van der Waals surface area contributed by atoms with Gasteiger partial charge in [0.2, 0.25) is 5.91 Å². The maximum atomic E-state index is 12.3. The Morgan fingerprint density at radius 2 is 1.85 bits per heavy atom. The van der Waals surface area contributed by atoms with Gasteiger partial charge in [-0.3, -0.25) is 19.7 Å². The highest BCUT2D eigenvalue weighted by Gasteiger charge is 2.20. The van der Waals surface area contributed by atoms with Crippen molar-refractivity contribution in [1.29, 1.82) is 0 Å². The van der Waals surface area contributed by atoms with E-state index in [0.29, 0.717) is 5.69 Å². The molecule has 0 aromatic heterocycles. The Labute approximate surface area is 155 Å². The van der Waals surface area contributed by atoms with E-state index in [1.165, 1.54) is 19.1 Å². The van der Waals surface area contributed by atoms with Crippen molar-refractivity contribution in [3.05, 3.63) is 68.2 Å². The molecule has 0 radical (unpaired) electrons. The Morgan fingerprint density at radius 3 is 2.46 bits per heavy atom. The van der Waals surface area contributed by atoms with Crippen molar-refractivity contribution in [3.63, 3.8) is 0 Å². The summed E-state index contributed by atoms with van der Waals surface area (Å²) >= 11 is 5.73. The first-order valence-electron chi connectivity index (χ1n) is 7.82. The number of carbonyl (C=O) groups excluding carboxylic acids is 2. The maximum Gasteiger partial charge on any atom is 0.288 e.